The summed E-state index contributed by atoms with van der Waals surface area (Å²) >= 11 is 0. The van der Waals surface area contributed by atoms with Crippen molar-refractivity contribution in [3.05, 3.63) is 35.7 Å². The third-order valence-corrected chi connectivity index (χ3v) is 3.12. The molecular formula is C14H16N4O3. The lowest BCUT2D eigenvalue weighted by molar-refractivity contribution is 0.176. The molecule has 7 nitrogen and oxygen atoms in total. The Hall–Kier alpha value is -2.41. The molecule has 1 N–H and O–H groups in total. The minimum absolute atomic E-state index is 0.211. The highest BCUT2D eigenvalue weighted by molar-refractivity contribution is 5.69. The molecule has 1 aliphatic heterocycles. The lowest BCUT2D eigenvalue weighted by Crippen LogP contribution is -2.18. The summed E-state index contributed by atoms with van der Waals surface area (Å²) in [6, 6.07) is 7.61. The fourth-order valence-electron chi connectivity index (χ4n) is 2.14. The average Bonchev–Trinajstić information content (AvgIpc) is 3.07. The second kappa shape index (κ2) is 5.53. The van der Waals surface area contributed by atoms with E-state index in [2.05, 4.69) is 20.4 Å². The minimum atomic E-state index is -0.465. The van der Waals surface area contributed by atoms with Gasteiger partial charge in [0.15, 0.2) is 0 Å². The number of hydrogen-bond donors (Lipinski definition) is 1. The van der Waals surface area contributed by atoms with Crippen molar-refractivity contribution in [1.82, 2.24) is 20.4 Å². The van der Waals surface area contributed by atoms with Crippen LogP contribution in [0.4, 0.5) is 4.79 Å². The first-order valence-electron chi connectivity index (χ1n) is 6.63. The summed E-state index contributed by atoms with van der Waals surface area (Å²) in [4.78, 5) is 17.4. The van der Waals surface area contributed by atoms with Gasteiger partial charge in [0.25, 0.3) is 5.89 Å². The first-order valence-corrected chi connectivity index (χ1v) is 6.63. The van der Waals surface area contributed by atoms with Crippen LogP contribution in [0, 0.1) is 0 Å². The van der Waals surface area contributed by atoms with Crippen molar-refractivity contribution >= 4 is 6.09 Å². The van der Waals surface area contributed by atoms with Gasteiger partial charge < -0.3 is 19.5 Å². The molecule has 2 heterocycles. The van der Waals surface area contributed by atoms with Gasteiger partial charge in [-0.2, -0.15) is 4.98 Å². The number of nitrogens with one attached hydrogen (secondary N) is 1. The Labute approximate surface area is 121 Å². The molecule has 1 fully saturated rings. The van der Waals surface area contributed by atoms with Crippen LogP contribution in [-0.4, -0.2) is 41.8 Å². The maximum absolute atomic E-state index is 11.0. The molecule has 0 aliphatic carbocycles. The van der Waals surface area contributed by atoms with Crippen molar-refractivity contribution in [2.24, 2.45) is 0 Å². The van der Waals surface area contributed by atoms with Gasteiger partial charge in [-0.3, -0.25) is 0 Å². The number of rotatable bonds is 4. The Morgan fingerprint density at radius 2 is 2.10 bits per heavy atom. The van der Waals surface area contributed by atoms with E-state index in [9.17, 15) is 4.79 Å². The number of amides is 1. The van der Waals surface area contributed by atoms with Crippen molar-refractivity contribution in [3.8, 4) is 11.4 Å². The van der Waals surface area contributed by atoms with E-state index in [0.29, 0.717) is 11.7 Å². The molecular weight excluding hydrogens is 272 g/mol. The van der Waals surface area contributed by atoms with Gasteiger partial charge in [0.2, 0.25) is 5.82 Å². The molecule has 1 aliphatic rings. The van der Waals surface area contributed by atoms with Gasteiger partial charge in [-0.05, 0) is 19.7 Å². The third-order valence-electron chi connectivity index (χ3n) is 3.12. The zero-order chi connectivity index (χ0) is 14.8. The predicted molar refractivity (Wildman–Crippen MR) is 74.3 cm³/mol. The van der Waals surface area contributed by atoms with Crippen molar-refractivity contribution in [3.63, 3.8) is 0 Å². The monoisotopic (exact) mass is 288 g/mol. The van der Waals surface area contributed by atoms with Gasteiger partial charge in [0, 0.05) is 12.1 Å². The number of ether oxygens (including phenoxy) is 1. The molecule has 1 atom stereocenters. The van der Waals surface area contributed by atoms with E-state index in [1.165, 1.54) is 5.56 Å². The zero-order valence-electron chi connectivity index (χ0n) is 11.9. The van der Waals surface area contributed by atoms with Crippen LogP contribution in [0.25, 0.3) is 11.4 Å². The highest BCUT2D eigenvalue weighted by atomic mass is 16.6. The maximum atomic E-state index is 11.0. The van der Waals surface area contributed by atoms with E-state index in [4.69, 9.17) is 9.26 Å². The summed E-state index contributed by atoms with van der Waals surface area (Å²) in [6.45, 7) is 1.09. The van der Waals surface area contributed by atoms with Crippen LogP contribution in [0.15, 0.2) is 28.8 Å². The van der Waals surface area contributed by atoms with E-state index in [-0.39, 0.29) is 12.6 Å². The first kappa shape index (κ1) is 13.6. The summed E-state index contributed by atoms with van der Waals surface area (Å²) in [5.74, 6) is 0.857. The average molecular weight is 288 g/mol. The van der Waals surface area contributed by atoms with E-state index in [0.717, 1.165) is 12.1 Å². The van der Waals surface area contributed by atoms with Gasteiger partial charge in [0.05, 0.1) is 0 Å². The van der Waals surface area contributed by atoms with Gasteiger partial charge >= 0.3 is 6.09 Å². The second-order valence-corrected chi connectivity index (χ2v) is 5.19. The molecule has 3 rings (SSSR count). The van der Waals surface area contributed by atoms with Crippen molar-refractivity contribution < 1.29 is 14.1 Å². The zero-order valence-corrected chi connectivity index (χ0v) is 11.9. The molecule has 0 saturated carbocycles. The van der Waals surface area contributed by atoms with E-state index < -0.39 is 6.09 Å². The summed E-state index contributed by atoms with van der Waals surface area (Å²) < 4.78 is 9.99. The molecule has 0 radical (unpaired) electrons. The standard InChI is InChI=1S/C14H16N4O3/c1-18(2)7-9-3-5-10(6-4-9)12-16-13(21-17-12)11-8-20-14(19)15-11/h3-6,11H,7-8H2,1-2H3,(H,15,19)/t11-/m1/s1. The molecule has 0 spiro atoms. The van der Waals surface area contributed by atoms with Crippen LogP contribution in [0.2, 0.25) is 0 Å². The molecule has 110 valence electrons. The molecule has 7 heteroatoms. The SMILES string of the molecule is CN(C)Cc1ccc(-c2noc([C@H]3COC(=O)N3)n2)cc1. The van der Waals surface area contributed by atoms with Crippen molar-refractivity contribution in [2.75, 3.05) is 20.7 Å². The van der Waals surface area contributed by atoms with Crippen LogP contribution in [0.5, 0.6) is 0 Å². The van der Waals surface area contributed by atoms with Crippen molar-refractivity contribution in [1.29, 1.82) is 0 Å². The van der Waals surface area contributed by atoms with E-state index in [1.54, 1.807) is 0 Å². The molecule has 1 amide bonds. The highest BCUT2D eigenvalue weighted by Gasteiger charge is 2.28. The molecule has 21 heavy (non-hydrogen) atoms. The van der Waals surface area contributed by atoms with E-state index >= 15 is 0 Å². The Balaban J connectivity index is 1.75. The fraction of sp³-hybridized carbons (Fsp3) is 0.357. The number of alkyl carbamates (subject to hydrolysis) is 1. The number of carbonyl (C=O) groups is 1. The Morgan fingerprint density at radius 1 is 1.33 bits per heavy atom. The van der Waals surface area contributed by atoms with Crippen LogP contribution >= 0.6 is 0 Å². The van der Waals surface area contributed by atoms with Crippen LogP contribution in [0.1, 0.15) is 17.5 Å². The largest absolute Gasteiger partial charge is 0.447 e. The first-order chi connectivity index (χ1) is 10.1. The fourth-order valence-corrected chi connectivity index (χ4v) is 2.14. The van der Waals surface area contributed by atoms with Gasteiger partial charge in [-0.25, -0.2) is 4.79 Å². The minimum Gasteiger partial charge on any atom is -0.447 e. The summed E-state index contributed by atoms with van der Waals surface area (Å²) in [7, 11) is 4.05. The Kier molecular flexibility index (Phi) is 3.57. The molecule has 1 saturated heterocycles. The molecule has 1 aromatic carbocycles. The molecule has 0 bridgehead atoms. The van der Waals surface area contributed by atoms with Gasteiger partial charge in [-0.15, -0.1) is 0 Å². The Bertz CT molecular complexity index is 636. The number of aromatic nitrogens is 2. The van der Waals surface area contributed by atoms with E-state index in [1.807, 2.05) is 38.4 Å². The lowest BCUT2D eigenvalue weighted by Gasteiger charge is -2.09. The number of cyclic esters (lactones) is 1. The van der Waals surface area contributed by atoms with Crippen molar-refractivity contribution in [2.45, 2.75) is 12.6 Å². The lowest BCUT2D eigenvalue weighted by atomic mass is 10.1. The smallest absolute Gasteiger partial charge is 0.407 e. The number of benzene rings is 1. The van der Waals surface area contributed by atoms with Crippen LogP contribution < -0.4 is 5.32 Å². The number of carbonyl (C=O) groups excluding carboxylic acids is 1. The molecule has 2 aromatic rings. The molecule has 1 aromatic heterocycles. The summed E-state index contributed by atoms with van der Waals surface area (Å²) in [5.41, 5.74) is 2.08. The highest BCUT2D eigenvalue weighted by Crippen LogP contribution is 2.21. The summed E-state index contributed by atoms with van der Waals surface area (Å²) in [6.07, 6.45) is -0.465. The van der Waals surface area contributed by atoms with Crippen LogP contribution in [0.3, 0.4) is 0 Å². The van der Waals surface area contributed by atoms with Gasteiger partial charge in [-0.1, -0.05) is 29.4 Å². The Morgan fingerprint density at radius 3 is 2.71 bits per heavy atom. The quantitative estimate of drug-likeness (QED) is 0.920. The number of nitrogens with zero attached hydrogens (tertiary/aromatic N) is 3. The molecule has 0 unspecified atom stereocenters. The van der Waals surface area contributed by atoms with Gasteiger partial charge in [0.1, 0.15) is 12.6 Å². The topological polar surface area (TPSA) is 80.5 Å². The van der Waals surface area contributed by atoms with Crippen LogP contribution in [-0.2, 0) is 11.3 Å². The number of hydrogen-bond acceptors (Lipinski definition) is 6. The summed E-state index contributed by atoms with van der Waals surface area (Å²) in [5, 5.41) is 6.55. The predicted octanol–water partition coefficient (Wildman–Crippen LogP) is 1.58. The third kappa shape index (κ3) is 3.03. The second-order valence-electron chi connectivity index (χ2n) is 5.19. The normalized spacial score (nSPS) is 17.9. The maximum Gasteiger partial charge on any atom is 0.407 e.